The van der Waals surface area contributed by atoms with Crippen LogP contribution in [-0.4, -0.2) is 17.9 Å². The van der Waals surface area contributed by atoms with E-state index in [0.717, 1.165) is 12.0 Å². The number of benzene rings is 1. The summed E-state index contributed by atoms with van der Waals surface area (Å²) >= 11 is 7.43. The first-order chi connectivity index (χ1) is 11.5. The Morgan fingerprint density at radius 3 is 2.50 bits per heavy atom. The molecular formula is C18H21ClN2O2S. The normalized spacial score (nSPS) is 13.1. The second-order valence-corrected chi connectivity index (χ2v) is 6.91. The summed E-state index contributed by atoms with van der Waals surface area (Å²) in [5, 5.41) is 10.3. The van der Waals surface area contributed by atoms with Gasteiger partial charge in [-0.3, -0.25) is 9.59 Å². The molecular weight excluding hydrogens is 344 g/mol. The second kappa shape index (κ2) is 8.85. The van der Waals surface area contributed by atoms with Crippen molar-refractivity contribution in [2.75, 3.05) is 0 Å². The first-order valence-corrected chi connectivity index (χ1v) is 9.18. The summed E-state index contributed by atoms with van der Waals surface area (Å²) in [6.07, 6.45) is 0.789. The number of carbonyl (C=O) groups is 2. The molecule has 0 saturated carbocycles. The zero-order chi connectivity index (χ0) is 17.5. The molecule has 0 fully saturated rings. The van der Waals surface area contributed by atoms with Crippen LogP contribution in [0.3, 0.4) is 0 Å². The van der Waals surface area contributed by atoms with Gasteiger partial charge in [-0.15, -0.1) is 0 Å². The molecule has 2 amide bonds. The Hall–Kier alpha value is -1.85. The predicted octanol–water partition coefficient (Wildman–Crippen LogP) is 3.86. The fourth-order valence-electron chi connectivity index (χ4n) is 2.22. The summed E-state index contributed by atoms with van der Waals surface area (Å²) in [6.45, 7) is 4.42. The van der Waals surface area contributed by atoms with Crippen LogP contribution in [0.4, 0.5) is 0 Å². The molecule has 1 aromatic carbocycles. The lowest BCUT2D eigenvalue weighted by molar-refractivity contribution is -0.124. The number of amides is 2. The number of nitrogens with one attached hydrogen (secondary N) is 2. The molecule has 6 heteroatoms. The van der Waals surface area contributed by atoms with Crippen LogP contribution in [-0.2, 0) is 11.3 Å². The van der Waals surface area contributed by atoms with Crippen LogP contribution < -0.4 is 10.6 Å². The zero-order valence-corrected chi connectivity index (χ0v) is 15.3. The molecule has 2 atom stereocenters. The molecule has 0 bridgehead atoms. The summed E-state index contributed by atoms with van der Waals surface area (Å²) in [5.74, 6) is -0.413. The fourth-order valence-corrected chi connectivity index (χ4v) is 3.01. The average molecular weight is 365 g/mol. The molecule has 0 spiro atoms. The molecule has 128 valence electrons. The van der Waals surface area contributed by atoms with Gasteiger partial charge in [0, 0.05) is 17.1 Å². The van der Waals surface area contributed by atoms with Gasteiger partial charge in [0.2, 0.25) is 5.91 Å². The molecule has 1 aromatic heterocycles. The third-order valence-corrected chi connectivity index (χ3v) is 4.92. The standard InChI is InChI=1S/C18H21ClN2O2S/c1-3-12(2)16(18(23)20-10-13-8-9-24-11-13)21-17(22)14-4-6-15(19)7-5-14/h4-9,11-12,16H,3,10H2,1-2H3,(H,20,23)(H,21,22). The Labute approximate surface area is 151 Å². The Balaban J connectivity index is 2.02. The molecule has 2 rings (SSSR count). The van der Waals surface area contributed by atoms with Gasteiger partial charge in [-0.25, -0.2) is 0 Å². The smallest absolute Gasteiger partial charge is 0.251 e. The van der Waals surface area contributed by atoms with E-state index in [4.69, 9.17) is 11.6 Å². The van der Waals surface area contributed by atoms with Crippen molar-refractivity contribution in [2.24, 2.45) is 5.92 Å². The number of halogens is 1. The van der Waals surface area contributed by atoms with Crippen LogP contribution >= 0.6 is 22.9 Å². The van der Waals surface area contributed by atoms with Crippen molar-refractivity contribution in [3.8, 4) is 0 Å². The average Bonchev–Trinajstić information content (AvgIpc) is 3.10. The highest BCUT2D eigenvalue weighted by atomic mass is 35.5. The van der Waals surface area contributed by atoms with E-state index in [1.165, 1.54) is 0 Å². The lowest BCUT2D eigenvalue weighted by atomic mass is 9.97. The molecule has 0 saturated heterocycles. The van der Waals surface area contributed by atoms with Gasteiger partial charge in [0.1, 0.15) is 6.04 Å². The van der Waals surface area contributed by atoms with Gasteiger partial charge < -0.3 is 10.6 Å². The predicted molar refractivity (Wildman–Crippen MR) is 98.3 cm³/mol. The van der Waals surface area contributed by atoms with E-state index in [1.54, 1.807) is 35.6 Å². The van der Waals surface area contributed by atoms with Crippen LogP contribution in [0.15, 0.2) is 41.1 Å². The number of hydrogen-bond acceptors (Lipinski definition) is 3. The quantitative estimate of drug-likeness (QED) is 0.783. The lowest BCUT2D eigenvalue weighted by Gasteiger charge is -2.23. The number of carbonyl (C=O) groups excluding carboxylic acids is 2. The van der Waals surface area contributed by atoms with Crippen molar-refractivity contribution < 1.29 is 9.59 Å². The van der Waals surface area contributed by atoms with Crippen LogP contribution in [0.25, 0.3) is 0 Å². The van der Waals surface area contributed by atoms with Gasteiger partial charge in [0.05, 0.1) is 0 Å². The molecule has 2 N–H and O–H groups in total. The first-order valence-electron chi connectivity index (χ1n) is 7.86. The highest BCUT2D eigenvalue weighted by molar-refractivity contribution is 7.07. The van der Waals surface area contributed by atoms with Gasteiger partial charge in [0.15, 0.2) is 0 Å². The lowest BCUT2D eigenvalue weighted by Crippen LogP contribution is -2.50. The Morgan fingerprint density at radius 2 is 1.92 bits per heavy atom. The maximum atomic E-state index is 12.5. The topological polar surface area (TPSA) is 58.2 Å². The monoisotopic (exact) mass is 364 g/mol. The van der Waals surface area contributed by atoms with Crippen molar-refractivity contribution in [3.63, 3.8) is 0 Å². The largest absolute Gasteiger partial charge is 0.350 e. The summed E-state index contributed by atoms with van der Waals surface area (Å²) in [5.41, 5.74) is 1.54. The van der Waals surface area contributed by atoms with Gasteiger partial charge in [0.25, 0.3) is 5.91 Å². The van der Waals surface area contributed by atoms with Crippen LogP contribution in [0, 0.1) is 5.92 Å². The molecule has 24 heavy (non-hydrogen) atoms. The minimum Gasteiger partial charge on any atom is -0.350 e. The van der Waals surface area contributed by atoms with E-state index in [0.29, 0.717) is 17.1 Å². The van der Waals surface area contributed by atoms with Gasteiger partial charge in [-0.2, -0.15) is 11.3 Å². The highest BCUT2D eigenvalue weighted by Gasteiger charge is 2.26. The second-order valence-electron chi connectivity index (χ2n) is 5.69. The van der Waals surface area contributed by atoms with E-state index in [1.807, 2.05) is 30.7 Å². The molecule has 0 radical (unpaired) electrons. The van der Waals surface area contributed by atoms with E-state index >= 15 is 0 Å². The molecule has 0 aliphatic heterocycles. The Kier molecular flexibility index (Phi) is 6.82. The van der Waals surface area contributed by atoms with Gasteiger partial charge >= 0.3 is 0 Å². The summed E-state index contributed by atoms with van der Waals surface area (Å²) in [7, 11) is 0. The van der Waals surface area contributed by atoms with Crippen LogP contribution in [0.5, 0.6) is 0 Å². The SMILES string of the molecule is CCC(C)C(NC(=O)c1ccc(Cl)cc1)C(=O)NCc1ccsc1. The minimum absolute atomic E-state index is 0.0312. The highest BCUT2D eigenvalue weighted by Crippen LogP contribution is 2.13. The van der Waals surface area contributed by atoms with Gasteiger partial charge in [-0.05, 0) is 52.6 Å². The summed E-state index contributed by atoms with van der Waals surface area (Å²) in [6, 6.07) is 8.01. The maximum Gasteiger partial charge on any atom is 0.251 e. The van der Waals surface area contributed by atoms with Crippen LogP contribution in [0.2, 0.25) is 5.02 Å². The summed E-state index contributed by atoms with van der Waals surface area (Å²) < 4.78 is 0. The van der Waals surface area contributed by atoms with E-state index in [9.17, 15) is 9.59 Å². The van der Waals surface area contributed by atoms with Crippen molar-refractivity contribution in [1.29, 1.82) is 0 Å². The van der Waals surface area contributed by atoms with Crippen molar-refractivity contribution in [3.05, 3.63) is 57.2 Å². The Bertz CT molecular complexity index is 671. The number of hydrogen-bond donors (Lipinski definition) is 2. The Morgan fingerprint density at radius 1 is 1.21 bits per heavy atom. The summed E-state index contributed by atoms with van der Waals surface area (Å²) in [4.78, 5) is 24.9. The third-order valence-electron chi connectivity index (χ3n) is 3.94. The molecule has 0 aliphatic carbocycles. The first kappa shape index (κ1) is 18.5. The molecule has 4 nitrogen and oxygen atoms in total. The number of rotatable bonds is 7. The van der Waals surface area contributed by atoms with Gasteiger partial charge in [-0.1, -0.05) is 31.9 Å². The zero-order valence-electron chi connectivity index (χ0n) is 13.7. The molecule has 0 aliphatic rings. The van der Waals surface area contributed by atoms with E-state index in [2.05, 4.69) is 10.6 Å². The minimum atomic E-state index is -0.572. The maximum absolute atomic E-state index is 12.5. The van der Waals surface area contributed by atoms with Crippen molar-refractivity contribution in [2.45, 2.75) is 32.9 Å². The molecule has 1 heterocycles. The van der Waals surface area contributed by atoms with Crippen molar-refractivity contribution >= 4 is 34.8 Å². The van der Waals surface area contributed by atoms with E-state index in [-0.39, 0.29) is 17.7 Å². The van der Waals surface area contributed by atoms with Crippen molar-refractivity contribution in [1.82, 2.24) is 10.6 Å². The fraction of sp³-hybridized carbons (Fsp3) is 0.333. The third kappa shape index (κ3) is 5.08. The molecule has 2 aromatic rings. The number of thiophene rings is 1. The van der Waals surface area contributed by atoms with E-state index < -0.39 is 6.04 Å². The van der Waals surface area contributed by atoms with Crippen LogP contribution in [0.1, 0.15) is 36.2 Å². The molecule has 2 unspecified atom stereocenters.